The van der Waals surface area contributed by atoms with Crippen molar-refractivity contribution in [1.82, 2.24) is 9.61 Å². The summed E-state index contributed by atoms with van der Waals surface area (Å²) in [6.07, 6.45) is 1.92. The van der Waals surface area contributed by atoms with E-state index in [9.17, 15) is 5.11 Å². The number of nitrogens with zero attached hydrogens (tertiary/aromatic N) is 2. The third-order valence-electron chi connectivity index (χ3n) is 2.53. The Hall–Kier alpha value is -2.29. The molecule has 0 bridgehead atoms. The second-order valence-corrected chi connectivity index (χ2v) is 3.65. The van der Waals surface area contributed by atoms with Crippen LogP contribution in [0, 0.1) is 0 Å². The Labute approximate surface area is 92.6 Å². The quantitative estimate of drug-likeness (QED) is 0.670. The van der Waals surface area contributed by atoms with E-state index in [4.69, 9.17) is 0 Å². The van der Waals surface area contributed by atoms with Crippen LogP contribution in [-0.2, 0) is 0 Å². The van der Waals surface area contributed by atoms with Gasteiger partial charge in [0.05, 0.1) is 11.2 Å². The van der Waals surface area contributed by atoms with Crippen molar-refractivity contribution in [2.45, 2.75) is 0 Å². The average molecular weight is 210 g/mol. The first-order chi connectivity index (χ1) is 7.83. The predicted octanol–water partition coefficient (Wildman–Crippen LogP) is 2.71. The molecule has 2 heterocycles. The number of hydrogen-bond donors (Lipinski definition) is 1. The lowest BCUT2D eigenvalue weighted by Crippen LogP contribution is -1.84. The summed E-state index contributed by atoms with van der Waals surface area (Å²) in [5.41, 5.74) is 2.97. The number of phenolic OH excluding ortho intramolecular Hbond substituents is 1. The average Bonchev–Trinajstić information content (AvgIpc) is 2.73. The normalized spacial score (nSPS) is 10.8. The third-order valence-corrected chi connectivity index (χ3v) is 2.53. The number of pyridine rings is 1. The lowest BCUT2D eigenvalue weighted by Gasteiger charge is -1.95. The Morgan fingerprint density at radius 3 is 2.56 bits per heavy atom. The van der Waals surface area contributed by atoms with Crippen molar-refractivity contribution in [3.05, 3.63) is 54.7 Å². The van der Waals surface area contributed by atoms with Gasteiger partial charge < -0.3 is 5.11 Å². The second-order valence-electron chi connectivity index (χ2n) is 3.65. The highest BCUT2D eigenvalue weighted by Gasteiger charge is 2.03. The summed E-state index contributed by atoms with van der Waals surface area (Å²) in [5.74, 6) is 0.271. The SMILES string of the molecule is Oc1ccc(-c2cc3ccccn3n2)cc1. The molecule has 0 saturated heterocycles. The maximum atomic E-state index is 9.22. The maximum Gasteiger partial charge on any atom is 0.115 e. The van der Waals surface area contributed by atoms with Crippen LogP contribution in [-0.4, -0.2) is 14.7 Å². The predicted molar refractivity (Wildman–Crippen MR) is 62.3 cm³/mol. The fraction of sp³-hybridized carbons (Fsp3) is 0. The van der Waals surface area contributed by atoms with E-state index in [1.54, 1.807) is 12.1 Å². The first kappa shape index (κ1) is 8.97. The van der Waals surface area contributed by atoms with Crippen molar-refractivity contribution in [1.29, 1.82) is 0 Å². The van der Waals surface area contributed by atoms with E-state index in [0.717, 1.165) is 16.8 Å². The highest BCUT2D eigenvalue weighted by Crippen LogP contribution is 2.21. The monoisotopic (exact) mass is 210 g/mol. The largest absolute Gasteiger partial charge is 0.508 e. The Balaban J connectivity index is 2.15. The molecule has 16 heavy (non-hydrogen) atoms. The number of aromatic hydroxyl groups is 1. The van der Waals surface area contributed by atoms with Gasteiger partial charge in [0, 0.05) is 11.8 Å². The molecule has 1 N–H and O–H groups in total. The van der Waals surface area contributed by atoms with Crippen LogP contribution < -0.4 is 0 Å². The van der Waals surface area contributed by atoms with Crippen LogP contribution in [0.15, 0.2) is 54.7 Å². The van der Waals surface area contributed by atoms with Crippen molar-refractivity contribution >= 4 is 5.52 Å². The van der Waals surface area contributed by atoms with Crippen molar-refractivity contribution in [3.63, 3.8) is 0 Å². The Morgan fingerprint density at radius 1 is 1.00 bits per heavy atom. The standard InChI is InChI=1S/C13H10N2O/c16-12-6-4-10(5-7-12)13-9-11-3-1-2-8-15(11)14-13/h1-9,16H. The summed E-state index contributed by atoms with van der Waals surface area (Å²) in [5, 5.41) is 13.7. The molecule has 0 aliphatic rings. The fourth-order valence-corrected chi connectivity index (χ4v) is 1.71. The molecule has 0 unspecified atom stereocenters. The van der Waals surface area contributed by atoms with Gasteiger partial charge in [-0.05, 0) is 42.5 Å². The molecule has 0 aliphatic carbocycles. The van der Waals surface area contributed by atoms with E-state index in [-0.39, 0.29) is 5.75 Å². The molecule has 0 aliphatic heterocycles. The lowest BCUT2D eigenvalue weighted by atomic mass is 10.1. The van der Waals surface area contributed by atoms with E-state index in [0.29, 0.717) is 0 Å². The zero-order valence-electron chi connectivity index (χ0n) is 8.54. The molecule has 0 fully saturated rings. The van der Waals surface area contributed by atoms with E-state index in [1.807, 2.05) is 47.1 Å². The first-order valence-electron chi connectivity index (χ1n) is 5.07. The zero-order valence-corrected chi connectivity index (χ0v) is 8.54. The molecule has 1 aromatic carbocycles. The highest BCUT2D eigenvalue weighted by atomic mass is 16.3. The molecule has 0 saturated carbocycles. The first-order valence-corrected chi connectivity index (χ1v) is 5.07. The van der Waals surface area contributed by atoms with Crippen LogP contribution in [0.5, 0.6) is 5.75 Å². The number of phenols is 1. The van der Waals surface area contributed by atoms with Crippen molar-refractivity contribution in [2.75, 3.05) is 0 Å². The summed E-state index contributed by atoms with van der Waals surface area (Å²) in [7, 11) is 0. The zero-order chi connectivity index (χ0) is 11.0. The van der Waals surface area contributed by atoms with Crippen molar-refractivity contribution in [3.8, 4) is 17.0 Å². The summed E-state index contributed by atoms with van der Waals surface area (Å²) >= 11 is 0. The summed E-state index contributed by atoms with van der Waals surface area (Å²) in [4.78, 5) is 0. The molecule has 3 heteroatoms. The molecule has 3 aromatic rings. The highest BCUT2D eigenvalue weighted by molar-refractivity contribution is 5.66. The van der Waals surface area contributed by atoms with Crippen LogP contribution in [0.3, 0.4) is 0 Å². The molecule has 0 amide bonds. The lowest BCUT2D eigenvalue weighted by molar-refractivity contribution is 0.475. The molecule has 0 atom stereocenters. The Morgan fingerprint density at radius 2 is 1.81 bits per heavy atom. The van der Waals surface area contributed by atoms with Crippen molar-refractivity contribution in [2.24, 2.45) is 0 Å². The van der Waals surface area contributed by atoms with E-state index < -0.39 is 0 Å². The van der Waals surface area contributed by atoms with Gasteiger partial charge in [-0.3, -0.25) is 0 Å². The van der Waals surface area contributed by atoms with Gasteiger partial charge in [0.2, 0.25) is 0 Å². The number of benzene rings is 1. The van der Waals surface area contributed by atoms with Gasteiger partial charge >= 0.3 is 0 Å². The molecular weight excluding hydrogens is 200 g/mol. The molecule has 0 spiro atoms. The smallest absolute Gasteiger partial charge is 0.115 e. The topological polar surface area (TPSA) is 37.5 Å². The van der Waals surface area contributed by atoms with Crippen LogP contribution in [0.25, 0.3) is 16.8 Å². The van der Waals surface area contributed by atoms with Gasteiger partial charge in [0.15, 0.2) is 0 Å². The van der Waals surface area contributed by atoms with E-state index in [2.05, 4.69) is 5.10 Å². The molecule has 2 aromatic heterocycles. The van der Waals surface area contributed by atoms with Crippen LogP contribution in [0.4, 0.5) is 0 Å². The fourth-order valence-electron chi connectivity index (χ4n) is 1.71. The minimum absolute atomic E-state index is 0.271. The van der Waals surface area contributed by atoms with Crippen LogP contribution >= 0.6 is 0 Å². The van der Waals surface area contributed by atoms with Gasteiger partial charge in [0.1, 0.15) is 5.75 Å². The minimum Gasteiger partial charge on any atom is -0.508 e. The Bertz CT molecular complexity index is 593. The van der Waals surface area contributed by atoms with Gasteiger partial charge in [-0.1, -0.05) is 6.07 Å². The molecule has 3 rings (SSSR count). The van der Waals surface area contributed by atoms with Crippen molar-refractivity contribution < 1.29 is 5.11 Å². The summed E-state index contributed by atoms with van der Waals surface area (Å²) in [6, 6.07) is 15.0. The molecule has 3 nitrogen and oxygen atoms in total. The summed E-state index contributed by atoms with van der Waals surface area (Å²) < 4.78 is 1.84. The second kappa shape index (κ2) is 3.38. The van der Waals surface area contributed by atoms with E-state index in [1.165, 1.54) is 0 Å². The van der Waals surface area contributed by atoms with E-state index >= 15 is 0 Å². The summed E-state index contributed by atoms with van der Waals surface area (Å²) in [6.45, 7) is 0. The van der Waals surface area contributed by atoms with Crippen LogP contribution in [0.2, 0.25) is 0 Å². The van der Waals surface area contributed by atoms with Gasteiger partial charge in [-0.25, -0.2) is 4.52 Å². The molecular formula is C13H10N2O. The maximum absolute atomic E-state index is 9.22. The number of hydrogen-bond acceptors (Lipinski definition) is 2. The van der Waals surface area contributed by atoms with Gasteiger partial charge in [-0.2, -0.15) is 5.10 Å². The van der Waals surface area contributed by atoms with Gasteiger partial charge in [0.25, 0.3) is 0 Å². The number of rotatable bonds is 1. The van der Waals surface area contributed by atoms with Gasteiger partial charge in [-0.15, -0.1) is 0 Å². The Kier molecular flexibility index (Phi) is 1.90. The molecule has 78 valence electrons. The number of aromatic nitrogens is 2. The minimum atomic E-state index is 0.271. The third kappa shape index (κ3) is 1.42. The molecule has 0 radical (unpaired) electrons. The van der Waals surface area contributed by atoms with Crippen LogP contribution in [0.1, 0.15) is 0 Å². The number of fused-ring (bicyclic) bond motifs is 1.